The van der Waals surface area contributed by atoms with Crippen LogP contribution in [0, 0.1) is 5.92 Å². The number of nitrogens with zero attached hydrogens (tertiary/aromatic N) is 3. The zero-order valence-electron chi connectivity index (χ0n) is 15.0. The Hall–Kier alpha value is -1.30. The molecule has 0 atom stereocenters. The van der Waals surface area contributed by atoms with Crippen LogP contribution in [0.2, 0.25) is 0 Å². The molecule has 6 heteroatoms. The van der Waals surface area contributed by atoms with Crippen molar-refractivity contribution in [3.63, 3.8) is 0 Å². The maximum Gasteiger partial charge on any atom is 0.236 e. The Labute approximate surface area is 140 Å². The first kappa shape index (κ1) is 18.0. The molecular formula is C17H33N5O. The highest BCUT2D eigenvalue weighted by Crippen LogP contribution is 2.32. The number of aliphatic imine (C=N–C) groups is 1. The lowest BCUT2D eigenvalue weighted by Crippen LogP contribution is -2.50. The summed E-state index contributed by atoms with van der Waals surface area (Å²) in [5.41, 5.74) is 0. The molecule has 0 spiro atoms. The number of hydrogen-bond acceptors (Lipinski definition) is 3. The largest absolute Gasteiger partial charge is 0.357 e. The first-order chi connectivity index (χ1) is 11.1. The topological polar surface area (TPSA) is 60.0 Å². The summed E-state index contributed by atoms with van der Waals surface area (Å²) in [6.45, 7) is 6.40. The second-order valence-corrected chi connectivity index (χ2v) is 6.98. The van der Waals surface area contributed by atoms with Gasteiger partial charge in [-0.15, -0.1) is 0 Å². The fourth-order valence-corrected chi connectivity index (χ4v) is 2.85. The molecular weight excluding hydrogens is 290 g/mol. The molecule has 1 saturated heterocycles. The monoisotopic (exact) mass is 323 g/mol. The predicted octanol–water partition coefficient (Wildman–Crippen LogP) is 0.894. The van der Waals surface area contributed by atoms with Gasteiger partial charge in [-0.25, -0.2) is 0 Å². The molecule has 2 N–H and O–H groups in total. The van der Waals surface area contributed by atoms with E-state index >= 15 is 0 Å². The minimum atomic E-state index is 0.186. The lowest BCUT2D eigenvalue weighted by Gasteiger charge is -2.33. The molecule has 0 aromatic heterocycles. The summed E-state index contributed by atoms with van der Waals surface area (Å²) in [6.07, 6.45) is 6.14. The highest BCUT2D eigenvalue weighted by atomic mass is 16.2. The number of hydrogen-bond donors (Lipinski definition) is 2. The molecule has 1 aliphatic heterocycles. The Morgan fingerprint density at radius 1 is 1.22 bits per heavy atom. The predicted molar refractivity (Wildman–Crippen MR) is 94.6 cm³/mol. The van der Waals surface area contributed by atoms with Gasteiger partial charge in [0.2, 0.25) is 5.91 Å². The minimum Gasteiger partial charge on any atom is -0.357 e. The molecule has 23 heavy (non-hydrogen) atoms. The summed E-state index contributed by atoms with van der Waals surface area (Å²) >= 11 is 0. The van der Waals surface area contributed by atoms with Crippen molar-refractivity contribution in [3.8, 4) is 0 Å². The van der Waals surface area contributed by atoms with Gasteiger partial charge in [-0.3, -0.25) is 14.7 Å². The molecule has 1 heterocycles. The lowest BCUT2D eigenvalue weighted by molar-refractivity contribution is -0.130. The van der Waals surface area contributed by atoms with Gasteiger partial charge >= 0.3 is 0 Å². The normalized spacial score (nSPS) is 20.4. The Balaban J connectivity index is 1.70. The third-order valence-corrected chi connectivity index (χ3v) is 4.63. The smallest absolute Gasteiger partial charge is 0.236 e. The number of rotatable bonds is 7. The molecule has 2 fully saturated rings. The van der Waals surface area contributed by atoms with Gasteiger partial charge in [-0.1, -0.05) is 12.8 Å². The van der Waals surface area contributed by atoms with Crippen LogP contribution in [0.25, 0.3) is 0 Å². The molecule has 6 nitrogen and oxygen atoms in total. The quantitative estimate of drug-likeness (QED) is 0.540. The van der Waals surface area contributed by atoms with Gasteiger partial charge in [0.25, 0.3) is 0 Å². The molecule has 0 aromatic rings. The van der Waals surface area contributed by atoms with Crippen LogP contribution in [0.5, 0.6) is 0 Å². The van der Waals surface area contributed by atoms with Gasteiger partial charge in [-0.05, 0) is 32.1 Å². The number of carbonyl (C=O) groups excluding carboxylic acids is 1. The van der Waals surface area contributed by atoms with E-state index in [4.69, 9.17) is 4.99 Å². The molecule has 0 aromatic carbocycles. The maximum absolute atomic E-state index is 11.8. The van der Waals surface area contributed by atoms with Crippen LogP contribution in [-0.2, 0) is 4.79 Å². The molecule has 0 radical (unpaired) electrons. The second kappa shape index (κ2) is 9.11. The van der Waals surface area contributed by atoms with Crippen molar-refractivity contribution < 1.29 is 4.79 Å². The van der Waals surface area contributed by atoms with Crippen LogP contribution in [0.1, 0.15) is 39.0 Å². The van der Waals surface area contributed by atoms with E-state index in [9.17, 15) is 4.79 Å². The average molecular weight is 323 g/mol. The zero-order chi connectivity index (χ0) is 16.7. The number of likely N-dealkylation sites (N-methyl/N-ethyl adjacent to an activating group) is 1. The van der Waals surface area contributed by atoms with Crippen molar-refractivity contribution in [2.24, 2.45) is 10.9 Å². The number of carbonyl (C=O) groups is 1. The van der Waals surface area contributed by atoms with Crippen molar-refractivity contribution in [1.29, 1.82) is 0 Å². The summed E-state index contributed by atoms with van der Waals surface area (Å²) in [5, 5.41) is 6.91. The maximum atomic E-state index is 11.8. The molecule has 132 valence electrons. The molecule has 2 rings (SSSR count). The van der Waals surface area contributed by atoms with E-state index in [1.165, 1.54) is 19.3 Å². The highest BCUT2D eigenvalue weighted by Gasteiger charge is 2.22. The van der Waals surface area contributed by atoms with E-state index in [-0.39, 0.29) is 5.91 Å². The molecule has 0 unspecified atom stereocenters. The number of nitrogens with one attached hydrogen (secondary N) is 2. The summed E-state index contributed by atoms with van der Waals surface area (Å²) < 4.78 is 0. The number of amides is 1. The highest BCUT2D eigenvalue weighted by molar-refractivity contribution is 5.80. The van der Waals surface area contributed by atoms with E-state index in [1.807, 2.05) is 14.1 Å². The molecule has 1 aliphatic carbocycles. The van der Waals surface area contributed by atoms with E-state index < -0.39 is 0 Å². The summed E-state index contributed by atoms with van der Waals surface area (Å²) in [6, 6.07) is 0.458. The number of likely N-dealkylation sites (tertiary alicyclic amines) is 1. The van der Waals surface area contributed by atoms with Crippen LogP contribution in [0.15, 0.2) is 4.99 Å². The first-order valence-electron chi connectivity index (χ1n) is 9.05. The van der Waals surface area contributed by atoms with Crippen molar-refractivity contribution in [1.82, 2.24) is 20.4 Å². The van der Waals surface area contributed by atoms with Gasteiger partial charge in [0.05, 0.1) is 6.54 Å². The van der Waals surface area contributed by atoms with E-state index in [0.29, 0.717) is 12.6 Å². The molecule has 1 amide bonds. The van der Waals surface area contributed by atoms with E-state index in [1.54, 1.807) is 4.90 Å². The number of guanidine groups is 1. The van der Waals surface area contributed by atoms with Gasteiger partial charge in [0, 0.05) is 46.3 Å². The Kier molecular flexibility index (Phi) is 7.15. The Morgan fingerprint density at radius 3 is 2.48 bits per heavy atom. The second-order valence-electron chi connectivity index (χ2n) is 6.98. The summed E-state index contributed by atoms with van der Waals surface area (Å²) in [4.78, 5) is 20.4. The van der Waals surface area contributed by atoms with Gasteiger partial charge in [0.15, 0.2) is 5.96 Å². The van der Waals surface area contributed by atoms with Crippen LogP contribution >= 0.6 is 0 Å². The van der Waals surface area contributed by atoms with Crippen LogP contribution in [0.4, 0.5) is 0 Å². The third-order valence-electron chi connectivity index (χ3n) is 4.63. The van der Waals surface area contributed by atoms with Crippen molar-refractivity contribution >= 4 is 11.9 Å². The van der Waals surface area contributed by atoms with Gasteiger partial charge < -0.3 is 15.5 Å². The Morgan fingerprint density at radius 2 is 1.91 bits per heavy atom. The van der Waals surface area contributed by atoms with Crippen molar-refractivity contribution in [2.45, 2.75) is 45.1 Å². The molecule has 1 saturated carbocycles. The zero-order valence-corrected chi connectivity index (χ0v) is 15.0. The minimum absolute atomic E-state index is 0.186. The fraction of sp³-hybridized carbons (Fsp3) is 0.882. The molecule has 0 bridgehead atoms. The molecule has 2 aliphatic rings. The van der Waals surface area contributed by atoms with E-state index in [0.717, 1.165) is 50.9 Å². The van der Waals surface area contributed by atoms with Crippen LogP contribution in [0.3, 0.4) is 0 Å². The van der Waals surface area contributed by atoms with Crippen molar-refractivity contribution in [3.05, 3.63) is 0 Å². The summed E-state index contributed by atoms with van der Waals surface area (Å²) in [7, 11) is 3.63. The van der Waals surface area contributed by atoms with Gasteiger partial charge in [-0.2, -0.15) is 0 Å². The van der Waals surface area contributed by atoms with Crippen molar-refractivity contribution in [2.75, 3.05) is 46.8 Å². The first-order valence-corrected chi connectivity index (χ1v) is 9.05. The third kappa shape index (κ3) is 6.77. The number of piperidine rings is 1. The SMILES string of the molecule is CCNC(=NCCC1CC1)NC1CCN(CC(=O)N(C)C)CC1. The summed E-state index contributed by atoms with van der Waals surface area (Å²) in [5.74, 6) is 2.07. The lowest BCUT2D eigenvalue weighted by atomic mass is 10.1. The standard InChI is InChI=1S/C17H33N5O/c1-4-18-17(19-10-7-14-5-6-14)20-15-8-11-22(12-9-15)13-16(23)21(2)3/h14-15H,4-13H2,1-3H3,(H2,18,19,20). The van der Waals surface area contributed by atoms with Gasteiger partial charge in [0.1, 0.15) is 0 Å². The van der Waals surface area contributed by atoms with E-state index in [2.05, 4.69) is 22.5 Å². The van der Waals surface area contributed by atoms with Crippen LogP contribution < -0.4 is 10.6 Å². The van der Waals surface area contributed by atoms with Crippen LogP contribution in [-0.4, -0.2) is 74.5 Å². The fourth-order valence-electron chi connectivity index (χ4n) is 2.85. The average Bonchev–Trinajstić information content (AvgIpc) is 3.33. The Bertz CT molecular complexity index is 398.